The third-order valence-electron chi connectivity index (χ3n) is 2.67. The summed E-state index contributed by atoms with van der Waals surface area (Å²) in [4.78, 5) is 22.0. The van der Waals surface area contributed by atoms with Gasteiger partial charge in [-0.3, -0.25) is 14.9 Å². The van der Waals surface area contributed by atoms with Crippen molar-refractivity contribution >= 4 is 23.4 Å². The lowest BCUT2D eigenvalue weighted by molar-refractivity contribution is -0.385. The van der Waals surface area contributed by atoms with Gasteiger partial charge in [-0.25, -0.2) is 0 Å². The number of nitrogens with two attached hydrogens (primary N) is 2. The second kappa shape index (κ2) is 7.83. The van der Waals surface area contributed by atoms with Crippen LogP contribution in [-0.2, 0) is 0 Å². The van der Waals surface area contributed by atoms with E-state index in [0.717, 1.165) is 6.42 Å². The van der Waals surface area contributed by atoms with Gasteiger partial charge >= 0.3 is 0 Å². The molecule has 1 atom stereocenters. The first-order chi connectivity index (χ1) is 9.49. The molecule has 1 amide bonds. The summed E-state index contributed by atoms with van der Waals surface area (Å²) >= 11 is 1.20. The first-order valence-corrected chi connectivity index (χ1v) is 6.93. The van der Waals surface area contributed by atoms with Crippen LogP contribution in [0.4, 0.5) is 5.69 Å². The smallest absolute Gasteiger partial charge is 0.270 e. The molecule has 0 fully saturated rings. The molecule has 0 aliphatic carbocycles. The number of nitrogens with zero attached hydrogens (tertiary/aromatic N) is 1. The van der Waals surface area contributed by atoms with Crippen LogP contribution < -0.4 is 11.5 Å². The Morgan fingerprint density at radius 1 is 1.50 bits per heavy atom. The van der Waals surface area contributed by atoms with Crippen molar-refractivity contribution in [1.29, 1.82) is 0 Å². The van der Waals surface area contributed by atoms with E-state index >= 15 is 0 Å². The highest BCUT2D eigenvalue weighted by atomic mass is 32.2. The number of nitro benzene ring substituents is 1. The Balaban J connectivity index is 3.02. The zero-order valence-electron chi connectivity index (χ0n) is 10.8. The fourth-order valence-electron chi connectivity index (χ4n) is 1.64. The van der Waals surface area contributed by atoms with Crippen LogP contribution in [0.25, 0.3) is 0 Å². The molecule has 7 nitrogen and oxygen atoms in total. The van der Waals surface area contributed by atoms with E-state index in [1.54, 1.807) is 0 Å². The molecule has 0 saturated heterocycles. The number of primary amides is 1. The van der Waals surface area contributed by atoms with Crippen molar-refractivity contribution in [2.75, 3.05) is 13.2 Å². The van der Waals surface area contributed by atoms with E-state index < -0.39 is 10.8 Å². The zero-order valence-corrected chi connectivity index (χ0v) is 11.6. The third kappa shape index (κ3) is 4.48. The van der Waals surface area contributed by atoms with Gasteiger partial charge < -0.3 is 16.6 Å². The predicted octanol–water partition coefficient (Wildman–Crippen LogP) is 0.886. The second-order valence-corrected chi connectivity index (χ2v) is 5.50. The lowest BCUT2D eigenvalue weighted by Gasteiger charge is -2.14. The standard InChI is InChI=1S/C12H17N3O4S/c13-5-1-2-9(7-16)20-11-6-8(15(18)19)3-4-10(11)12(14)17/h3-4,6,9,16H,1-2,5,7,13H2,(H2,14,17). The lowest BCUT2D eigenvalue weighted by atomic mass is 10.2. The van der Waals surface area contributed by atoms with E-state index in [1.165, 1.54) is 30.0 Å². The molecule has 0 heterocycles. The van der Waals surface area contributed by atoms with Crippen LogP contribution in [0.5, 0.6) is 0 Å². The molecule has 8 heteroatoms. The van der Waals surface area contributed by atoms with E-state index in [4.69, 9.17) is 11.5 Å². The Labute approximate surface area is 120 Å². The number of thioether (sulfide) groups is 1. The minimum absolute atomic E-state index is 0.106. The topological polar surface area (TPSA) is 132 Å². The van der Waals surface area contributed by atoms with Gasteiger partial charge in [0.05, 0.1) is 17.1 Å². The van der Waals surface area contributed by atoms with Crippen LogP contribution in [0.2, 0.25) is 0 Å². The van der Waals surface area contributed by atoms with Crippen molar-refractivity contribution in [1.82, 2.24) is 0 Å². The number of hydrogen-bond donors (Lipinski definition) is 3. The molecular formula is C12H17N3O4S. The number of amides is 1. The zero-order chi connectivity index (χ0) is 15.1. The summed E-state index contributed by atoms with van der Waals surface area (Å²) < 4.78 is 0. The molecule has 0 aromatic heterocycles. The molecule has 5 N–H and O–H groups in total. The number of benzene rings is 1. The number of nitro groups is 1. The lowest BCUT2D eigenvalue weighted by Crippen LogP contribution is -2.15. The van der Waals surface area contributed by atoms with Crippen molar-refractivity contribution in [3.8, 4) is 0 Å². The molecule has 1 aromatic carbocycles. The summed E-state index contributed by atoms with van der Waals surface area (Å²) in [5, 5.41) is 19.9. The molecule has 0 saturated carbocycles. The van der Waals surface area contributed by atoms with Crippen molar-refractivity contribution < 1.29 is 14.8 Å². The molecule has 110 valence electrons. The molecule has 0 bridgehead atoms. The highest BCUT2D eigenvalue weighted by molar-refractivity contribution is 8.00. The number of hydrogen-bond acceptors (Lipinski definition) is 6. The van der Waals surface area contributed by atoms with Gasteiger partial charge in [0, 0.05) is 22.3 Å². The summed E-state index contributed by atoms with van der Waals surface area (Å²) in [6, 6.07) is 3.87. The minimum atomic E-state index is -0.655. The molecule has 20 heavy (non-hydrogen) atoms. The van der Waals surface area contributed by atoms with Gasteiger partial charge in [0.15, 0.2) is 0 Å². The maximum absolute atomic E-state index is 11.3. The summed E-state index contributed by atoms with van der Waals surface area (Å²) in [6.07, 6.45) is 1.37. The monoisotopic (exact) mass is 299 g/mol. The van der Waals surface area contributed by atoms with Gasteiger partial charge in [-0.15, -0.1) is 11.8 Å². The second-order valence-electron chi connectivity index (χ2n) is 4.16. The third-order valence-corrected chi connectivity index (χ3v) is 3.98. The van der Waals surface area contributed by atoms with E-state index in [0.29, 0.717) is 17.9 Å². The predicted molar refractivity (Wildman–Crippen MR) is 76.6 cm³/mol. The number of carbonyl (C=O) groups excluding carboxylic acids is 1. The minimum Gasteiger partial charge on any atom is -0.395 e. The van der Waals surface area contributed by atoms with Gasteiger partial charge in [-0.1, -0.05) is 0 Å². The molecule has 0 spiro atoms. The van der Waals surface area contributed by atoms with E-state index in [-0.39, 0.29) is 23.1 Å². The maximum Gasteiger partial charge on any atom is 0.270 e. The number of aliphatic hydroxyl groups excluding tert-OH is 1. The van der Waals surface area contributed by atoms with Gasteiger partial charge in [-0.2, -0.15) is 0 Å². The molecular weight excluding hydrogens is 282 g/mol. The largest absolute Gasteiger partial charge is 0.395 e. The van der Waals surface area contributed by atoms with Crippen LogP contribution in [0.1, 0.15) is 23.2 Å². The maximum atomic E-state index is 11.3. The summed E-state index contributed by atoms with van der Waals surface area (Å²) in [7, 11) is 0. The highest BCUT2D eigenvalue weighted by Gasteiger charge is 2.18. The van der Waals surface area contributed by atoms with Gasteiger partial charge in [-0.05, 0) is 25.5 Å². The van der Waals surface area contributed by atoms with E-state index in [2.05, 4.69) is 0 Å². The molecule has 1 unspecified atom stereocenters. The number of non-ortho nitro benzene ring substituents is 1. The average molecular weight is 299 g/mol. The number of aliphatic hydroxyl groups is 1. The Kier molecular flexibility index (Phi) is 6.43. The average Bonchev–Trinajstić information content (AvgIpc) is 2.42. The summed E-state index contributed by atoms with van der Waals surface area (Å²) in [5.41, 5.74) is 10.8. The molecule has 0 aliphatic rings. The fourth-order valence-corrected chi connectivity index (χ4v) is 2.84. The van der Waals surface area contributed by atoms with Crippen LogP contribution in [-0.4, -0.2) is 34.3 Å². The van der Waals surface area contributed by atoms with Crippen molar-refractivity contribution in [2.24, 2.45) is 11.5 Å². The SMILES string of the molecule is NCCCC(CO)Sc1cc([N+](=O)[O-])ccc1C(N)=O. The van der Waals surface area contributed by atoms with Gasteiger partial charge in [0.25, 0.3) is 5.69 Å². The van der Waals surface area contributed by atoms with Gasteiger partial charge in [0.1, 0.15) is 0 Å². The van der Waals surface area contributed by atoms with E-state index in [1.807, 2.05) is 0 Å². The van der Waals surface area contributed by atoms with Crippen molar-refractivity contribution in [3.63, 3.8) is 0 Å². The fraction of sp³-hybridized carbons (Fsp3) is 0.417. The molecule has 0 aliphatic heterocycles. The normalized spacial score (nSPS) is 12.1. The van der Waals surface area contributed by atoms with Crippen molar-refractivity contribution in [2.45, 2.75) is 23.0 Å². The summed E-state index contributed by atoms with van der Waals surface area (Å²) in [6.45, 7) is 0.389. The molecule has 0 radical (unpaired) electrons. The van der Waals surface area contributed by atoms with E-state index in [9.17, 15) is 20.0 Å². The van der Waals surface area contributed by atoms with Crippen LogP contribution in [0.3, 0.4) is 0 Å². The quantitative estimate of drug-likeness (QED) is 0.371. The first kappa shape index (κ1) is 16.4. The number of carbonyl (C=O) groups is 1. The molecule has 1 aromatic rings. The summed E-state index contributed by atoms with van der Waals surface area (Å²) in [5.74, 6) is -0.655. The van der Waals surface area contributed by atoms with Crippen molar-refractivity contribution in [3.05, 3.63) is 33.9 Å². The highest BCUT2D eigenvalue weighted by Crippen LogP contribution is 2.31. The Morgan fingerprint density at radius 2 is 2.20 bits per heavy atom. The Hall–Kier alpha value is -1.64. The number of rotatable bonds is 8. The Morgan fingerprint density at radius 3 is 2.70 bits per heavy atom. The van der Waals surface area contributed by atoms with Crippen LogP contribution >= 0.6 is 11.8 Å². The first-order valence-electron chi connectivity index (χ1n) is 6.05. The Bertz CT molecular complexity index is 496. The van der Waals surface area contributed by atoms with Crippen LogP contribution in [0, 0.1) is 10.1 Å². The molecule has 1 rings (SSSR count). The van der Waals surface area contributed by atoms with Crippen LogP contribution in [0.15, 0.2) is 23.1 Å². The van der Waals surface area contributed by atoms with Gasteiger partial charge in [0.2, 0.25) is 5.91 Å².